The Kier molecular flexibility index (Phi) is 3.97. The van der Waals surface area contributed by atoms with Crippen LogP contribution in [0.5, 0.6) is 5.75 Å². The standard InChI is InChI=1S/C16H18OS/c1-11(2)13-6-4-5-7-14(13)12-8-9-15(17-3)16(18)10-12/h4-11,18H,1-3H3. The first-order valence-corrected chi connectivity index (χ1v) is 6.54. The van der Waals surface area contributed by atoms with Crippen LogP contribution in [-0.4, -0.2) is 7.11 Å². The molecule has 94 valence electrons. The first kappa shape index (κ1) is 13.0. The van der Waals surface area contributed by atoms with E-state index in [1.165, 1.54) is 16.7 Å². The van der Waals surface area contributed by atoms with Gasteiger partial charge in [-0.15, -0.1) is 12.6 Å². The van der Waals surface area contributed by atoms with Crippen LogP contribution in [0.2, 0.25) is 0 Å². The first-order chi connectivity index (χ1) is 8.63. The van der Waals surface area contributed by atoms with Gasteiger partial charge < -0.3 is 4.74 Å². The van der Waals surface area contributed by atoms with Crippen molar-refractivity contribution in [2.75, 3.05) is 7.11 Å². The van der Waals surface area contributed by atoms with Gasteiger partial charge in [0.15, 0.2) is 0 Å². The van der Waals surface area contributed by atoms with Gasteiger partial charge in [0.25, 0.3) is 0 Å². The molecule has 18 heavy (non-hydrogen) atoms. The smallest absolute Gasteiger partial charge is 0.132 e. The van der Waals surface area contributed by atoms with Crippen LogP contribution in [0.15, 0.2) is 47.4 Å². The van der Waals surface area contributed by atoms with Gasteiger partial charge in [-0.3, -0.25) is 0 Å². The normalized spacial score (nSPS) is 10.7. The summed E-state index contributed by atoms with van der Waals surface area (Å²) in [5.74, 6) is 1.32. The maximum absolute atomic E-state index is 5.24. The molecule has 0 heterocycles. The molecule has 0 bridgehead atoms. The minimum absolute atomic E-state index is 0.506. The number of thiol groups is 1. The van der Waals surface area contributed by atoms with Crippen LogP contribution in [0.4, 0.5) is 0 Å². The largest absolute Gasteiger partial charge is 0.496 e. The monoisotopic (exact) mass is 258 g/mol. The third-order valence-electron chi connectivity index (χ3n) is 3.07. The molecule has 0 N–H and O–H groups in total. The van der Waals surface area contributed by atoms with Crippen molar-refractivity contribution < 1.29 is 4.74 Å². The zero-order valence-corrected chi connectivity index (χ0v) is 11.9. The van der Waals surface area contributed by atoms with Gasteiger partial charge in [-0.05, 0) is 34.7 Å². The summed E-state index contributed by atoms with van der Waals surface area (Å²) in [6.45, 7) is 4.42. The van der Waals surface area contributed by atoms with E-state index in [2.05, 4.69) is 62.9 Å². The number of methoxy groups -OCH3 is 1. The molecule has 0 aliphatic heterocycles. The lowest BCUT2D eigenvalue weighted by Gasteiger charge is -2.14. The fourth-order valence-corrected chi connectivity index (χ4v) is 2.43. The second-order valence-corrected chi connectivity index (χ2v) is 5.11. The van der Waals surface area contributed by atoms with Crippen molar-refractivity contribution in [3.8, 4) is 16.9 Å². The average molecular weight is 258 g/mol. The van der Waals surface area contributed by atoms with Crippen molar-refractivity contribution in [2.24, 2.45) is 0 Å². The molecule has 0 aliphatic carbocycles. The maximum atomic E-state index is 5.24. The molecular formula is C16H18OS. The molecule has 0 saturated heterocycles. The summed E-state index contributed by atoms with van der Waals surface area (Å²) in [5.41, 5.74) is 3.81. The lowest BCUT2D eigenvalue weighted by atomic mass is 9.93. The van der Waals surface area contributed by atoms with E-state index in [0.717, 1.165) is 10.6 Å². The SMILES string of the molecule is COc1ccc(-c2ccccc2C(C)C)cc1S. The van der Waals surface area contributed by atoms with E-state index in [0.29, 0.717) is 5.92 Å². The molecule has 0 saturated carbocycles. The van der Waals surface area contributed by atoms with Crippen LogP contribution in [0.25, 0.3) is 11.1 Å². The van der Waals surface area contributed by atoms with Crippen molar-refractivity contribution in [3.63, 3.8) is 0 Å². The maximum Gasteiger partial charge on any atom is 0.132 e. The lowest BCUT2D eigenvalue weighted by molar-refractivity contribution is 0.405. The second-order valence-electron chi connectivity index (χ2n) is 4.63. The molecule has 2 rings (SSSR count). The predicted octanol–water partition coefficient (Wildman–Crippen LogP) is 4.77. The van der Waals surface area contributed by atoms with Crippen molar-refractivity contribution in [3.05, 3.63) is 48.0 Å². The van der Waals surface area contributed by atoms with E-state index in [-0.39, 0.29) is 0 Å². The minimum atomic E-state index is 0.506. The zero-order valence-electron chi connectivity index (χ0n) is 11.0. The van der Waals surface area contributed by atoms with Crippen LogP contribution in [0, 0.1) is 0 Å². The molecule has 1 nitrogen and oxygen atoms in total. The van der Waals surface area contributed by atoms with Gasteiger partial charge in [0.05, 0.1) is 7.11 Å². The summed E-state index contributed by atoms with van der Waals surface area (Å²) in [6, 6.07) is 14.6. The fraction of sp³-hybridized carbons (Fsp3) is 0.250. The number of hydrogen-bond acceptors (Lipinski definition) is 2. The molecular weight excluding hydrogens is 240 g/mol. The van der Waals surface area contributed by atoms with Gasteiger partial charge >= 0.3 is 0 Å². The van der Waals surface area contributed by atoms with Crippen molar-refractivity contribution in [1.82, 2.24) is 0 Å². The summed E-state index contributed by atoms with van der Waals surface area (Å²) in [7, 11) is 1.66. The number of hydrogen-bond donors (Lipinski definition) is 1. The number of benzene rings is 2. The van der Waals surface area contributed by atoms with Crippen LogP contribution < -0.4 is 4.74 Å². The van der Waals surface area contributed by atoms with Gasteiger partial charge in [-0.2, -0.15) is 0 Å². The van der Waals surface area contributed by atoms with E-state index in [4.69, 9.17) is 4.74 Å². The molecule has 2 aromatic rings. The van der Waals surface area contributed by atoms with E-state index < -0.39 is 0 Å². The lowest BCUT2D eigenvalue weighted by Crippen LogP contribution is -1.92. The number of rotatable bonds is 3. The quantitative estimate of drug-likeness (QED) is 0.780. The Balaban J connectivity index is 2.52. The molecule has 0 radical (unpaired) electrons. The Morgan fingerprint density at radius 3 is 2.39 bits per heavy atom. The van der Waals surface area contributed by atoms with E-state index >= 15 is 0 Å². The van der Waals surface area contributed by atoms with Crippen molar-refractivity contribution in [1.29, 1.82) is 0 Å². The summed E-state index contributed by atoms with van der Waals surface area (Å²) in [4.78, 5) is 0.869. The summed E-state index contributed by atoms with van der Waals surface area (Å²) >= 11 is 4.46. The summed E-state index contributed by atoms with van der Waals surface area (Å²) in [6.07, 6.45) is 0. The van der Waals surface area contributed by atoms with E-state index in [1.807, 2.05) is 6.07 Å². The Labute approximate surface area is 114 Å². The van der Waals surface area contributed by atoms with Crippen LogP contribution in [-0.2, 0) is 0 Å². The van der Waals surface area contributed by atoms with Crippen LogP contribution in [0.3, 0.4) is 0 Å². The fourth-order valence-electron chi connectivity index (χ4n) is 2.12. The van der Waals surface area contributed by atoms with Crippen LogP contribution in [0.1, 0.15) is 25.3 Å². The predicted molar refractivity (Wildman–Crippen MR) is 79.8 cm³/mol. The molecule has 0 fully saturated rings. The highest BCUT2D eigenvalue weighted by Gasteiger charge is 2.09. The molecule has 2 heteroatoms. The third-order valence-corrected chi connectivity index (χ3v) is 3.42. The molecule has 0 aliphatic rings. The zero-order chi connectivity index (χ0) is 13.1. The first-order valence-electron chi connectivity index (χ1n) is 6.09. The third kappa shape index (κ3) is 2.54. The highest BCUT2D eigenvalue weighted by atomic mass is 32.1. The Morgan fingerprint density at radius 1 is 1.06 bits per heavy atom. The van der Waals surface area contributed by atoms with Gasteiger partial charge in [0.2, 0.25) is 0 Å². The van der Waals surface area contributed by atoms with E-state index in [9.17, 15) is 0 Å². The minimum Gasteiger partial charge on any atom is -0.496 e. The van der Waals surface area contributed by atoms with Crippen molar-refractivity contribution >= 4 is 12.6 Å². The molecule has 0 spiro atoms. The van der Waals surface area contributed by atoms with Gasteiger partial charge in [0, 0.05) is 4.90 Å². The van der Waals surface area contributed by atoms with Gasteiger partial charge in [0.1, 0.15) is 5.75 Å². The average Bonchev–Trinajstić information content (AvgIpc) is 2.38. The number of ether oxygens (including phenoxy) is 1. The Bertz CT molecular complexity index is 547. The van der Waals surface area contributed by atoms with Crippen molar-refractivity contribution in [2.45, 2.75) is 24.7 Å². The summed E-state index contributed by atoms with van der Waals surface area (Å²) in [5, 5.41) is 0. The van der Waals surface area contributed by atoms with Gasteiger partial charge in [-0.25, -0.2) is 0 Å². The molecule has 0 atom stereocenters. The molecule has 0 aromatic heterocycles. The molecule has 2 aromatic carbocycles. The van der Waals surface area contributed by atoms with E-state index in [1.54, 1.807) is 7.11 Å². The van der Waals surface area contributed by atoms with Gasteiger partial charge in [-0.1, -0.05) is 44.2 Å². The van der Waals surface area contributed by atoms with Crippen LogP contribution >= 0.6 is 12.6 Å². The molecule has 0 unspecified atom stereocenters. The Hall–Kier alpha value is -1.41. The highest BCUT2D eigenvalue weighted by Crippen LogP contribution is 2.33. The summed E-state index contributed by atoms with van der Waals surface area (Å²) < 4.78 is 5.24. The highest BCUT2D eigenvalue weighted by molar-refractivity contribution is 7.80. The Morgan fingerprint density at radius 2 is 1.78 bits per heavy atom. The second kappa shape index (κ2) is 5.49. The topological polar surface area (TPSA) is 9.23 Å². The molecule has 0 amide bonds.